The van der Waals surface area contributed by atoms with Gasteiger partial charge in [-0.1, -0.05) is 11.8 Å². The lowest BCUT2D eigenvalue weighted by Gasteiger charge is -2.17. The van der Waals surface area contributed by atoms with Gasteiger partial charge in [-0.15, -0.1) is 0 Å². The number of hydrogen-bond donors (Lipinski definition) is 1. The van der Waals surface area contributed by atoms with Crippen LogP contribution < -0.4 is 5.56 Å². The summed E-state index contributed by atoms with van der Waals surface area (Å²) >= 11 is 0. The van der Waals surface area contributed by atoms with Gasteiger partial charge in [0, 0.05) is 35.3 Å². The van der Waals surface area contributed by atoms with Gasteiger partial charge in [-0.2, -0.15) is 5.10 Å². The first-order valence-electron chi connectivity index (χ1n) is 9.93. The summed E-state index contributed by atoms with van der Waals surface area (Å²) in [5, 5.41) is 9.04. The highest BCUT2D eigenvalue weighted by atomic mass is 16.1. The Labute approximate surface area is 158 Å². The molecule has 0 atom stereocenters. The lowest BCUT2D eigenvalue weighted by atomic mass is 10.0. The largest absolute Gasteiger partial charge is 0.308 e. The van der Waals surface area contributed by atoms with E-state index in [4.69, 9.17) is 0 Å². The van der Waals surface area contributed by atoms with E-state index in [-0.39, 0.29) is 5.56 Å². The van der Waals surface area contributed by atoms with Gasteiger partial charge in [0.25, 0.3) is 5.56 Å². The zero-order valence-corrected chi connectivity index (χ0v) is 15.9. The summed E-state index contributed by atoms with van der Waals surface area (Å²) in [5.74, 6) is 6.72. The zero-order chi connectivity index (χ0) is 18.5. The molecule has 2 aromatic heterocycles. The maximum Gasteiger partial charge on any atom is 0.262 e. The summed E-state index contributed by atoms with van der Waals surface area (Å²) in [4.78, 5) is 15.4. The molecule has 27 heavy (non-hydrogen) atoms. The average molecular weight is 360 g/mol. The van der Waals surface area contributed by atoms with E-state index in [2.05, 4.69) is 33.0 Å². The predicted octanol–water partition coefficient (Wildman–Crippen LogP) is 3.18. The molecule has 3 aromatic rings. The Morgan fingerprint density at radius 3 is 2.67 bits per heavy atom. The summed E-state index contributed by atoms with van der Waals surface area (Å²) in [6, 6.07) is 7.62. The van der Waals surface area contributed by atoms with Crippen LogP contribution in [-0.4, -0.2) is 38.3 Å². The highest BCUT2D eigenvalue weighted by molar-refractivity contribution is 6.04. The van der Waals surface area contributed by atoms with E-state index in [1.54, 1.807) is 0 Å². The maximum atomic E-state index is 12.8. The third-order valence-corrected chi connectivity index (χ3v) is 6.36. The fourth-order valence-electron chi connectivity index (χ4n) is 4.99. The van der Waals surface area contributed by atoms with E-state index in [1.165, 1.54) is 25.7 Å². The molecule has 0 saturated carbocycles. The van der Waals surface area contributed by atoms with Gasteiger partial charge in [0.15, 0.2) is 0 Å². The van der Waals surface area contributed by atoms with E-state index in [0.29, 0.717) is 11.9 Å². The molecule has 0 aliphatic carbocycles. The van der Waals surface area contributed by atoms with Crippen molar-refractivity contribution in [3.05, 3.63) is 39.8 Å². The molecule has 138 valence electrons. The van der Waals surface area contributed by atoms with Crippen LogP contribution in [0.25, 0.3) is 21.8 Å². The first-order valence-corrected chi connectivity index (χ1v) is 9.93. The molecule has 0 amide bonds. The minimum atomic E-state index is 0.0228. The highest BCUT2D eigenvalue weighted by Crippen LogP contribution is 2.36. The van der Waals surface area contributed by atoms with Crippen LogP contribution in [0.15, 0.2) is 23.0 Å². The summed E-state index contributed by atoms with van der Waals surface area (Å²) in [5.41, 5.74) is 3.50. The zero-order valence-electron chi connectivity index (χ0n) is 15.9. The van der Waals surface area contributed by atoms with Crippen molar-refractivity contribution in [2.24, 2.45) is 0 Å². The third-order valence-electron chi connectivity index (χ3n) is 6.36. The van der Waals surface area contributed by atoms with Crippen LogP contribution in [0.5, 0.6) is 0 Å². The average Bonchev–Trinajstić information content (AvgIpc) is 3.37. The molecule has 0 radical (unpaired) electrons. The van der Waals surface area contributed by atoms with Crippen LogP contribution >= 0.6 is 0 Å². The van der Waals surface area contributed by atoms with Crippen molar-refractivity contribution in [3.63, 3.8) is 0 Å². The van der Waals surface area contributed by atoms with Gasteiger partial charge in [-0.05, 0) is 57.7 Å². The Hall–Kier alpha value is -2.58. The van der Waals surface area contributed by atoms with Gasteiger partial charge in [0.2, 0.25) is 0 Å². The summed E-state index contributed by atoms with van der Waals surface area (Å²) in [7, 11) is 0. The fraction of sp³-hybridized carbons (Fsp3) is 0.455. The molecule has 5 heteroatoms. The first-order chi connectivity index (χ1) is 13.2. The highest BCUT2D eigenvalue weighted by Gasteiger charge is 2.38. The number of rotatable bonds is 2. The number of aromatic amines is 1. The number of aromatic nitrogens is 3. The Morgan fingerprint density at radius 2 is 1.96 bits per heavy atom. The van der Waals surface area contributed by atoms with Crippen LogP contribution in [0.2, 0.25) is 0 Å². The van der Waals surface area contributed by atoms with Gasteiger partial charge in [-0.3, -0.25) is 14.8 Å². The second kappa shape index (κ2) is 6.24. The van der Waals surface area contributed by atoms with Crippen LogP contribution in [0.4, 0.5) is 0 Å². The Kier molecular flexibility index (Phi) is 3.84. The molecule has 5 rings (SSSR count). The number of benzene rings is 1. The number of aryl methyl sites for hydroxylation is 2. The number of hydrogen-bond acceptors (Lipinski definition) is 3. The van der Waals surface area contributed by atoms with Crippen molar-refractivity contribution < 1.29 is 0 Å². The number of H-pyrrole nitrogens is 1. The Balaban J connectivity index is 1.56. The van der Waals surface area contributed by atoms with Crippen molar-refractivity contribution in [1.29, 1.82) is 0 Å². The molecule has 2 saturated heterocycles. The van der Waals surface area contributed by atoms with Crippen molar-refractivity contribution in [2.75, 3.05) is 6.54 Å². The molecule has 2 aliphatic rings. The standard InChI is InChI=1S/C22H24N4O/c1-3-25-19-11-6-15(5-4-12-26-16-7-8-17(26)10-9-16)13-18(19)21-20(22(25)27)14(2)23-24-21/h6,11,13,16-17H,3,7-10,12H2,1-2H3,(H,23,24). The molecule has 0 unspecified atom stereocenters. The summed E-state index contributed by atoms with van der Waals surface area (Å²) in [6.07, 6.45) is 5.36. The molecule has 2 fully saturated rings. The van der Waals surface area contributed by atoms with Crippen molar-refractivity contribution in [1.82, 2.24) is 19.7 Å². The van der Waals surface area contributed by atoms with E-state index >= 15 is 0 Å². The van der Waals surface area contributed by atoms with Gasteiger partial charge in [0.1, 0.15) is 5.52 Å². The molecule has 1 N–H and O–H groups in total. The molecule has 2 aliphatic heterocycles. The Morgan fingerprint density at radius 1 is 1.22 bits per heavy atom. The molecule has 0 spiro atoms. The van der Waals surface area contributed by atoms with E-state index in [1.807, 2.05) is 30.5 Å². The monoisotopic (exact) mass is 360 g/mol. The maximum absolute atomic E-state index is 12.8. The number of nitrogens with zero attached hydrogens (tertiary/aromatic N) is 3. The van der Waals surface area contributed by atoms with Crippen LogP contribution in [-0.2, 0) is 6.54 Å². The molecule has 1 aromatic carbocycles. The summed E-state index contributed by atoms with van der Waals surface area (Å²) in [6.45, 7) is 5.40. The quantitative estimate of drug-likeness (QED) is 0.714. The lowest BCUT2D eigenvalue weighted by molar-refractivity contribution is 0.286. The lowest BCUT2D eigenvalue weighted by Crippen LogP contribution is -2.28. The predicted molar refractivity (Wildman–Crippen MR) is 108 cm³/mol. The van der Waals surface area contributed by atoms with Crippen LogP contribution in [0.1, 0.15) is 43.9 Å². The van der Waals surface area contributed by atoms with E-state index in [0.717, 1.165) is 46.3 Å². The smallest absolute Gasteiger partial charge is 0.262 e. The SMILES string of the molecule is CCn1c(=O)c2c(C)[nH]nc2c2cc(C#CCN3C4CCC3CC4)ccc21. The topological polar surface area (TPSA) is 53.9 Å². The Bertz CT molecular complexity index is 1140. The van der Waals surface area contributed by atoms with Crippen molar-refractivity contribution in [2.45, 2.75) is 58.2 Å². The van der Waals surface area contributed by atoms with Gasteiger partial charge >= 0.3 is 0 Å². The number of nitrogens with one attached hydrogen (secondary N) is 1. The van der Waals surface area contributed by atoms with Crippen molar-refractivity contribution >= 4 is 21.8 Å². The first kappa shape index (κ1) is 16.6. The third kappa shape index (κ3) is 2.51. The van der Waals surface area contributed by atoms with E-state index < -0.39 is 0 Å². The number of fused-ring (bicyclic) bond motifs is 5. The molecule has 5 nitrogen and oxygen atoms in total. The second-order valence-corrected chi connectivity index (χ2v) is 7.79. The minimum absolute atomic E-state index is 0.0228. The fourth-order valence-corrected chi connectivity index (χ4v) is 4.99. The normalized spacial score (nSPS) is 21.9. The number of pyridine rings is 1. The van der Waals surface area contributed by atoms with Crippen LogP contribution in [0, 0.1) is 18.8 Å². The van der Waals surface area contributed by atoms with Crippen LogP contribution in [0.3, 0.4) is 0 Å². The van der Waals surface area contributed by atoms with Gasteiger partial charge in [-0.25, -0.2) is 0 Å². The molecule has 4 heterocycles. The van der Waals surface area contributed by atoms with Gasteiger partial charge in [0.05, 0.1) is 17.4 Å². The van der Waals surface area contributed by atoms with E-state index in [9.17, 15) is 4.79 Å². The van der Waals surface area contributed by atoms with Gasteiger partial charge < -0.3 is 4.57 Å². The minimum Gasteiger partial charge on any atom is -0.308 e. The molecular weight excluding hydrogens is 336 g/mol. The van der Waals surface area contributed by atoms with Crippen molar-refractivity contribution in [3.8, 4) is 11.8 Å². The molecule has 2 bridgehead atoms. The summed E-state index contributed by atoms with van der Waals surface area (Å²) < 4.78 is 1.82. The molecular formula is C22H24N4O. The second-order valence-electron chi connectivity index (χ2n) is 7.79.